The molecule has 0 aromatic heterocycles. The Morgan fingerprint density at radius 3 is 2.64 bits per heavy atom. The summed E-state index contributed by atoms with van der Waals surface area (Å²) in [6, 6.07) is 6.31. The summed E-state index contributed by atoms with van der Waals surface area (Å²) in [5.74, 6) is 0.380. The highest BCUT2D eigenvalue weighted by atomic mass is 16.3. The lowest BCUT2D eigenvalue weighted by molar-refractivity contribution is 0.470. The van der Waals surface area contributed by atoms with Crippen molar-refractivity contribution in [3.8, 4) is 5.75 Å². The molecule has 0 bridgehead atoms. The lowest BCUT2D eigenvalue weighted by Crippen LogP contribution is -2.24. The van der Waals surface area contributed by atoms with Crippen LogP contribution < -0.4 is 5.32 Å². The first kappa shape index (κ1) is 11.1. The molecule has 0 spiro atoms. The zero-order valence-corrected chi connectivity index (χ0v) is 9.17. The van der Waals surface area contributed by atoms with Crippen molar-refractivity contribution in [3.05, 3.63) is 29.3 Å². The highest BCUT2D eigenvalue weighted by Gasteiger charge is 1.98. The van der Waals surface area contributed by atoms with E-state index in [0.29, 0.717) is 11.8 Å². The van der Waals surface area contributed by atoms with Crippen LogP contribution in [0.1, 0.15) is 25.0 Å². The van der Waals surface area contributed by atoms with E-state index in [1.54, 1.807) is 6.07 Å². The van der Waals surface area contributed by atoms with Crippen LogP contribution in [0.4, 0.5) is 0 Å². The van der Waals surface area contributed by atoms with Crippen molar-refractivity contribution in [2.45, 2.75) is 33.2 Å². The highest BCUT2D eigenvalue weighted by Crippen LogP contribution is 2.16. The second kappa shape index (κ2) is 5.01. The summed E-state index contributed by atoms with van der Waals surface area (Å²) < 4.78 is 0. The molecule has 0 amide bonds. The maximum atomic E-state index is 9.34. The second-order valence-corrected chi connectivity index (χ2v) is 3.98. The lowest BCUT2D eigenvalue weighted by atomic mass is 10.1. The van der Waals surface area contributed by atoms with E-state index in [1.807, 2.05) is 19.1 Å². The molecular weight excluding hydrogens is 174 g/mol. The van der Waals surface area contributed by atoms with Crippen LogP contribution in [0, 0.1) is 6.92 Å². The Bertz CT molecular complexity index is 294. The monoisotopic (exact) mass is 193 g/mol. The normalized spacial score (nSPS) is 10.9. The van der Waals surface area contributed by atoms with Crippen LogP contribution in [0.25, 0.3) is 0 Å². The van der Waals surface area contributed by atoms with Crippen LogP contribution in [0.15, 0.2) is 18.2 Å². The molecule has 0 aliphatic heterocycles. The second-order valence-electron chi connectivity index (χ2n) is 3.98. The van der Waals surface area contributed by atoms with Crippen LogP contribution >= 0.6 is 0 Å². The number of aryl methyl sites for hydroxylation is 1. The maximum absolute atomic E-state index is 9.34. The van der Waals surface area contributed by atoms with Gasteiger partial charge in [0.2, 0.25) is 0 Å². The summed E-state index contributed by atoms with van der Waals surface area (Å²) in [7, 11) is 0. The lowest BCUT2D eigenvalue weighted by Gasteiger charge is -2.08. The van der Waals surface area contributed by atoms with Crippen LogP contribution in [0.5, 0.6) is 5.75 Å². The van der Waals surface area contributed by atoms with E-state index >= 15 is 0 Å². The van der Waals surface area contributed by atoms with E-state index < -0.39 is 0 Å². The Hall–Kier alpha value is -1.02. The summed E-state index contributed by atoms with van der Waals surface area (Å²) in [6.07, 6.45) is 1.01. The molecular formula is C12H19NO. The van der Waals surface area contributed by atoms with Gasteiger partial charge in [-0.1, -0.05) is 26.0 Å². The number of hydrogen-bond donors (Lipinski definition) is 2. The molecule has 2 nitrogen and oxygen atoms in total. The molecule has 0 heterocycles. The van der Waals surface area contributed by atoms with E-state index in [2.05, 4.69) is 19.2 Å². The number of phenols is 1. The van der Waals surface area contributed by atoms with Gasteiger partial charge in [-0.05, 0) is 37.1 Å². The standard InChI is InChI=1S/C12H19NO/c1-9(2)13-7-6-11-4-5-12(14)10(3)8-11/h4-5,8-9,13-14H,6-7H2,1-3H3. The van der Waals surface area contributed by atoms with E-state index in [-0.39, 0.29) is 0 Å². The Kier molecular flexibility index (Phi) is 3.96. The summed E-state index contributed by atoms with van der Waals surface area (Å²) in [5.41, 5.74) is 2.22. The van der Waals surface area contributed by atoms with Crippen LogP contribution in [-0.2, 0) is 6.42 Å². The molecule has 0 saturated carbocycles. The molecule has 0 radical (unpaired) electrons. The molecule has 0 atom stereocenters. The SMILES string of the molecule is Cc1cc(CCNC(C)C)ccc1O. The zero-order valence-electron chi connectivity index (χ0n) is 9.17. The third-order valence-corrected chi connectivity index (χ3v) is 2.23. The Morgan fingerprint density at radius 1 is 1.36 bits per heavy atom. The fourth-order valence-electron chi connectivity index (χ4n) is 1.38. The van der Waals surface area contributed by atoms with Gasteiger partial charge in [0.25, 0.3) is 0 Å². The number of aromatic hydroxyl groups is 1. The molecule has 2 N–H and O–H groups in total. The van der Waals surface area contributed by atoms with Gasteiger partial charge in [0, 0.05) is 6.04 Å². The summed E-state index contributed by atoms with van der Waals surface area (Å²) in [6.45, 7) is 7.20. The Balaban J connectivity index is 2.47. The van der Waals surface area contributed by atoms with Crippen molar-refractivity contribution in [2.24, 2.45) is 0 Å². The van der Waals surface area contributed by atoms with Gasteiger partial charge in [-0.15, -0.1) is 0 Å². The molecule has 0 saturated heterocycles. The zero-order chi connectivity index (χ0) is 10.6. The highest BCUT2D eigenvalue weighted by molar-refractivity contribution is 5.34. The van der Waals surface area contributed by atoms with Gasteiger partial charge in [-0.25, -0.2) is 0 Å². The number of phenolic OH excluding ortho intramolecular Hbond substituents is 1. The van der Waals surface area contributed by atoms with Gasteiger partial charge in [-0.2, -0.15) is 0 Å². The van der Waals surface area contributed by atoms with E-state index in [4.69, 9.17) is 0 Å². The van der Waals surface area contributed by atoms with Gasteiger partial charge in [0.1, 0.15) is 5.75 Å². The Morgan fingerprint density at radius 2 is 2.07 bits per heavy atom. The van der Waals surface area contributed by atoms with Crippen molar-refractivity contribution in [1.82, 2.24) is 5.32 Å². The predicted octanol–water partition coefficient (Wildman–Crippen LogP) is 2.24. The van der Waals surface area contributed by atoms with Gasteiger partial charge in [-0.3, -0.25) is 0 Å². The van der Waals surface area contributed by atoms with Gasteiger partial charge in [0.05, 0.1) is 0 Å². The molecule has 1 aromatic rings. The number of hydrogen-bond acceptors (Lipinski definition) is 2. The first-order valence-electron chi connectivity index (χ1n) is 5.11. The number of nitrogens with one attached hydrogen (secondary N) is 1. The molecule has 0 fully saturated rings. The number of rotatable bonds is 4. The number of benzene rings is 1. The molecule has 1 rings (SSSR count). The minimum atomic E-state index is 0.380. The van der Waals surface area contributed by atoms with Gasteiger partial charge < -0.3 is 10.4 Å². The van der Waals surface area contributed by atoms with Crippen molar-refractivity contribution in [2.75, 3.05) is 6.54 Å². The fraction of sp³-hybridized carbons (Fsp3) is 0.500. The average Bonchev–Trinajstić information content (AvgIpc) is 2.10. The van der Waals surface area contributed by atoms with Crippen molar-refractivity contribution >= 4 is 0 Å². The third-order valence-electron chi connectivity index (χ3n) is 2.23. The third kappa shape index (κ3) is 3.38. The van der Waals surface area contributed by atoms with Crippen LogP contribution in [0.3, 0.4) is 0 Å². The van der Waals surface area contributed by atoms with Crippen molar-refractivity contribution in [3.63, 3.8) is 0 Å². The molecule has 0 aliphatic carbocycles. The maximum Gasteiger partial charge on any atom is 0.118 e. The summed E-state index contributed by atoms with van der Waals surface area (Å²) in [5, 5.41) is 12.7. The smallest absolute Gasteiger partial charge is 0.118 e. The minimum Gasteiger partial charge on any atom is -0.508 e. The summed E-state index contributed by atoms with van der Waals surface area (Å²) in [4.78, 5) is 0. The predicted molar refractivity (Wildman–Crippen MR) is 59.7 cm³/mol. The molecule has 0 aliphatic rings. The first-order valence-corrected chi connectivity index (χ1v) is 5.11. The average molecular weight is 193 g/mol. The topological polar surface area (TPSA) is 32.3 Å². The van der Waals surface area contributed by atoms with E-state index in [0.717, 1.165) is 18.5 Å². The van der Waals surface area contributed by atoms with Crippen molar-refractivity contribution in [1.29, 1.82) is 0 Å². The van der Waals surface area contributed by atoms with Crippen LogP contribution in [0.2, 0.25) is 0 Å². The van der Waals surface area contributed by atoms with E-state index in [9.17, 15) is 5.11 Å². The Labute approximate surface area is 86.0 Å². The molecule has 78 valence electrons. The van der Waals surface area contributed by atoms with E-state index in [1.165, 1.54) is 5.56 Å². The largest absolute Gasteiger partial charge is 0.508 e. The molecule has 1 aromatic carbocycles. The van der Waals surface area contributed by atoms with Crippen LogP contribution in [-0.4, -0.2) is 17.7 Å². The summed E-state index contributed by atoms with van der Waals surface area (Å²) >= 11 is 0. The first-order chi connectivity index (χ1) is 6.59. The molecule has 2 heteroatoms. The van der Waals surface area contributed by atoms with Gasteiger partial charge >= 0.3 is 0 Å². The van der Waals surface area contributed by atoms with Gasteiger partial charge in [0.15, 0.2) is 0 Å². The molecule has 14 heavy (non-hydrogen) atoms. The molecule has 0 unspecified atom stereocenters. The fourth-order valence-corrected chi connectivity index (χ4v) is 1.38. The minimum absolute atomic E-state index is 0.380. The quantitative estimate of drug-likeness (QED) is 0.768. The van der Waals surface area contributed by atoms with Crippen molar-refractivity contribution < 1.29 is 5.11 Å².